The first-order valence-electron chi connectivity index (χ1n) is 2.25. The Morgan fingerprint density at radius 2 is 2.57 bits per heavy atom. The molecule has 0 spiro atoms. The lowest BCUT2D eigenvalue weighted by Gasteiger charge is -1.92. The predicted molar refractivity (Wildman–Crippen MR) is 28.4 cm³/mol. The second-order valence-electron chi connectivity index (χ2n) is 1.70. The van der Waals surface area contributed by atoms with Crippen LogP contribution in [0.5, 0.6) is 0 Å². The smallest absolute Gasteiger partial charge is 0.122 e. The molecule has 0 aromatic carbocycles. The lowest BCUT2D eigenvalue weighted by atomic mass is 10.5. The van der Waals surface area contributed by atoms with E-state index in [9.17, 15) is 4.21 Å². The summed E-state index contributed by atoms with van der Waals surface area (Å²) in [6, 6.07) is 0. The van der Waals surface area contributed by atoms with Crippen molar-refractivity contribution in [1.82, 2.24) is 0 Å². The lowest BCUT2D eigenvalue weighted by Crippen LogP contribution is -2.01. The van der Waals surface area contributed by atoms with Gasteiger partial charge in [-0.05, 0) is 6.92 Å². The van der Waals surface area contributed by atoms with Gasteiger partial charge >= 0.3 is 0 Å². The van der Waals surface area contributed by atoms with E-state index in [-0.39, 0.29) is 6.10 Å². The molecular formula is C4H8O2S. The minimum Gasteiger partial charge on any atom is -0.364 e. The Bertz CT molecular complexity index is 91.7. The number of ether oxygens (including phenoxy) is 1. The third kappa shape index (κ3) is 1.24. The third-order valence-corrected chi connectivity index (χ3v) is 2.14. The Kier molecular flexibility index (Phi) is 1.44. The molecule has 2 atom stereocenters. The molecule has 0 radical (unpaired) electrons. The second-order valence-corrected chi connectivity index (χ2v) is 3.15. The summed E-state index contributed by atoms with van der Waals surface area (Å²) in [5.41, 5.74) is 0. The standard InChI is InChI=1S/C4H8O2S/c1-4-2-7(5)3-6-4/h4H,2-3H2,1H3. The molecule has 42 valence electrons. The van der Waals surface area contributed by atoms with Gasteiger partial charge in [-0.25, -0.2) is 0 Å². The minimum atomic E-state index is -0.675. The monoisotopic (exact) mass is 120 g/mol. The topological polar surface area (TPSA) is 26.3 Å². The first-order valence-corrected chi connectivity index (χ1v) is 3.74. The third-order valence-electron chi connectivity index (χ3n) is 0.905. The van der Waals surface area contributed by atoms with Gasteiger partial charge in [-0.2, -0.15) is 0 Å². The molecule has 0 aromatic rings. The van der Waals surface area contributed by atoms with Crippen molar-refractivity contribution in [2.45, 2.75) is 13.0 Å². The van der Waals surface area contributed by atoms with Crippen LogP contribution < -0.4 is 0 Å². The maximum Gasteiger partial charge on any atom is 0.122 e. The van der Waals surface area contributed by atoms with E-state index < -0.39 is 10.8 Å². The Morgan fingerprint density at radius 1 is 1.86 bits per heavy atom. The maximum absolute atomic E-state index is 10.4. The molecule has 1 aliphatic heterocycles. The zero-order valence-corrected chi connectivity index (χ0v) is 5.03. The molecule has 1 heterocycles. The van der Waals surface area contributed by atoms with Crippen LogP contribution in [-0.2, 0) is 15.5 Å². The van der Waals surface area contributed by atoms with E-state index in [0.29, 0.717) is 5.94 Å². The van der Waals surface area contributed by atoms with Crippen molar-refractivity contribution < 1.29 is 8.95 Å². The van der Waals surface area contributed by atoms with Gasteiger partial charge in [0.05, 0.1) is 11.9 Å². The van der Waals surface area contributed by atoms with Crippen molar-refractivity contribution in [3.05, 3.63) is 0 Å². The van der Waals surface area contributed by atoms with Crippen LogP contribution in [-0.4, -0.2) is 22.0 Å². The fourth-order valence-electron chi connectivity index (χ4n) is 0.550. The van der Waals surface area contributed by atoms with Gasteiger partial charge in [0, 0.05) is 10.8 Å². The minimum absolute atomic E-state index is 0.223. The molecule has 1 aliphatic rings. The highest BCUT2D eigenvalue weighted by Gasteiger charge is 2.15. The molecule has 0 aliphatic carbocycles. The summed E-state index contributed by atoms with van der Waals surface area (Å²) in [5.74, 6) is 1.17. The normalized spacial score (nSPS) is 41.9. The highest BCUT2D eigenvalue weighted by molar-refractivity contribution is 7.85. The Hall–Kier alpha value is 0.110. The van der Waals surface area contributed by atoms with Crippen molar-refractivity contribution in [1.29, 1.82) is 0 Å². The van der Waals surface area contributed by atoms with Crippen LogP contribution in [0.15, 0.2) is 0 Å². The highest BCUT2D eigenvalue weighted by Crippen LogP contribution is 2.03. The Morgan fingerprint density at radius 3 is 2.71 bits per heavy atom. The van der Waals surface area contributed by atoms with Crippen molar-refractivity contribution in [3.8, 4) is 0 Å². The average Bonchev–Trinajstić information content (AvgIpc) is 1.87. The van der Waals surface area contributed by atoms with Gasteiger partial charge in [-0.15, -0.1) is 0 Å². The zero-order chi connectivity index (χ0) is 5.28. The van der Waals surface area contributed by atoms with Crippen LogP contribution in [0.3, 0.4) is 0 Å². The molecule has 0 amide bonds. The van der Waals surface area contributed by atoms with Gasteiger partial charge in [0.15, 0.2) is 0 Å². The first kappa shape index (κ1) is 5.25. The molecule has 2 nitrogen and oxygen atoms in total. The average molecular weight is 120 g/mol. The van der Waals surface area contributed by atoms with Gasteiger partial charge < -0.3 is 4.74 Å². The van der Waals surface area contributed by atoms with Crippen molar-refractivity contribution in [2.75, 3.05) is 11.7 Å². The molecule has 3 heteroatoms. The summed E-state index contributed by atoms with van der Waals surface area (Å²) in [5, 5.41) is 0. The van der Waals surface area contributed by atoms with Crippen LogP contribution in [0.1, 0.15) is 6.92 Å². The van der Waals surface area contributed by atoms with Crippen LogP contribution in [0.2, 0.25) is 0 Å². The molecule has 1 rings (SSSR count). The largest absolute Gasteiger partial charge is 0.364 e. The fraction of sp³-hybridized carbons (Fsp3) is 1.00. The van der Waals surface area contributed by atoms with E-state index in [1.165, 1.54) is 0 Å². The van der Waals surface area contributed by atoms with E-state index in [4.69, 9.17) is 4.74 Å². The van der Waals surface area contributed by atoms with Crippen LogP contribution in [0.4, 0.5) is 0 Å². The van der Waals surface area contributed by atoms with E-state index in [1.54, 1.807) is 0 Å². The molecule has 0 N–H and O–H groups in total. The summed E-state index contributed by atoms with van der Waals surface area (Å²) in [6.45, 7) is 1.94. The van der Waals surface area contributed by atoms with Crippen LogP contribution in [0.25, 0.3) is 0 Å². The zero-order valence-electron chi connectivity index (χ0n) is 4.22. The van der Waals surface area contributed by atoms with Crippen LogP contribution >= 0.6 is 0 Å². The summed E-state index contributed by atoms with van der Waals surface area (Å²) < 4.78 is 15.4. The van der Waals surface area contributed by atoms with Gasteiger partial charge in [-0.3, -0.25) is 4.21 Å². The highest BCUT2D eigenvalue weighted by atomic mass is 32.2. The SMILES string of the molecule is CC1CS(=O)CO1. The summed E-state index contributed by atoms with van der Waals surface area (Å²) >= 11 is 0. The molecule has 0 bridgehead atoms. The van der Waals surface area contributed by atoms with E-state index in [0.717, 1.165) is 5.75 Å². The molecule has 1 saturated heterocycles. The van der Waals surface area contributed by atoms with Crippen LogP contribution in [0, 0.1) is 0 Å². The summed E-state index contributed by atoms with van der Waals surface area (Å²) in [4.78, 5) is 0. The Labute approximate surface area is 45.3 Å². The van der Waals surface area contributed by atoms with Gasteiger partial charge in [-0.1, -0.05) is 0 Å². The van der Waals surface area contributed by atoms with Crippen molar-refractivity contribution in [3.63, 3.8) is 0 Å². The summed E-state index contributed by atoms with van der Waals surface area (Å²) in [6.07, 6.45) is 0.223. The van der Waals surface area contributed by atoms with Crippen molar-refractivity contribution >= 4 is 10.8 Å². The van der Waals surface area contributed by atoms with E-state index >= 15 is 0 Å². The Balaban J connectivity index is 2.40. The predicted octanol–water partition coefficient (Wildman–Crippen LogP) is 0.111. The second kappa shape index (κ2) is 1.92. The number of rotatable bonds is 0. The molecular weight excluding hydrogens is 112 g/mol. The lowest BCUT2D eigenvalue weighted by molar-refractivity contribution is 0.139. The first-order chi connectivity index (χ1) is 3.29. The number of hydrogen-bond donors (Lipinski definition) is 0. The van der Waals surface area contributed by atoms with Gasteiger partial charge in [0.25, 0.3) is 0 Å². The quantitative estimate of drug-likeness (QED) is 0.453. The van der Waals surface area contributed by atoms with E-state index in [1.807, 2.05) is 6.92 Å². The van der Waals surface area contributed by atoms with Gasteiger partial charge in [0.2, 0.25) is 0 Å². The number of hydrogen-bond acceptors (Lipinski definition) is 2. The molecule has 1 fully saturated rings. The van der Waals surface area contributed by atoms with E-state index in [2.05, 4.69) is 0 Å². The summed E-state index contributed by atoms with van der Waals surface area (Å²) in [7, 11) is -0.675. The molecule has 2 unspecified atom stereocenters. The molecule has 0 aromatic heterocycles. The fourth-order valence-corrected chi connectivity index (χ4v) is 1.65. The molecule has 0 saturated carbocycles. The van der Waals surface area contributed by atoms with Crippen molar-refractivity contribution in [2.24, 2.45) is 0 Å². The van der Waals surface area contributed by atoms with Gasteiger partial charge in [0.1, 0.15) is 5.94 Å². The molecule has 7 heavy (non-hydrogen) atoms. The maximum atomic E-state index is 10.4.